The van der Waals surface area contributed by atoms with Gasteiger partial charge in [0.1, 0.15) is 17.4 Å². The molecule has 0 radical (unpaired) electrons. The van der Waals surface area contributed by atoms with Crippen LogP contribution in [0.2, 0.25) is 5.02 Å². The van der Waals surface area contributed by atoms with Crippen molar-refractivity contribution in [2.24, 2.45) is 5.73 Å². The second-order valence-electron chi connectivity index (χ2n) is 6.54. The number of benzene rings is 1. The van der Waals surface area contributed by atoms with Crippen LogP contribution < -0.4 is 16.4 Å². The molecular formula is C18H20ClN7. The summed E-state index contributed by atoms with van der Waals surface area (Å²) in [5.41, 5.74) is 8.16. The average molecular weight is 370 g/mol. The highest BCUT2D eigenvalue weighted by Gasteiger charge is 2.19. The van der Waals surface area contributed by atoms with Crippen LogP contribution in [0.4, 0.5) is 17.5 Å². The molecule has 3 aromatic rings. The minimum Gasteiger partial charge on any atom is -0.351 e. The first-order valence-electron chi connectivity index (χ1n) is 8.70. The van der Waals surface area contributed by atoms with Crippen LogP contribution in [-0.2, 0) is 0 Å². The third kappa shape index (κ3) is 3.84. The van der Waals surface area contributed by atoms with E-state index in [0.717, 1.165) is 31.4 Å². The summed E-state index contributed by atoms with van der Waals surface area (Å²) in [6.45, 7) is 0. The van der Waals surface area contributed by atoms with Gasteiger partial charge in [0, 0.05) is 22.8 Å². The number of hydrogen-bond donors (Lipinski definition) is 3. The van der Waals surface area contributed by atoms with Crippen LogP contribution in [0.25, 0.3) is 11.0 Å². The lowest BCUT2D eigenvalue weighted by atomic mass is 9.92. The van der Waals surface area contributed by atoms with Crippen molar-refractivity contribution in [1.82, 2.24) is 19.9 Å². The average Bonchev–Trinajstić information content (AvgIpc) is 2.64. The molecule has 1 aromatic carbocycles. The van der Waals surface area contributed by atoms with Gasteiger partial charge in [-0.25, -0.2) is 19.9 Å². The van der Waals surface area contributed by atoms with Gasteiger partial charge in [-0.1, -0.05) is 17.7 Å². The van der Waals surface area contributed by atoms with E-state index in [4.69, 9.17) is 17.3 Å². The molecule has 2 heterocycles. The Bertz CT molecular complexity index is 909. The van der Waals surface area contributed by atoms with Gasteiger partial charge in [-0.2, -0.15) is 0 Å². The normalized spacial score (nSPS) is 20.1. The van der Waals surface area contributed by atoms with Crippen LogP contribution in [-0.4, -0.2) is 32.0 Å². The summed E-state index contributed by atoms with van der Waals surface area (Å²) in [7, 11) is 0. The van der Waals surface area contributed by atoms with Gasteiger partial charge in [0.05, 0.1) is 6.20 Å². The molecule has 0 spiro atoms. The van der Waals surface area contributed by atoms with Crippen LogP contribution in [0, 0.1) is 0 Å². The highest BCUT2D eigenvalue weighted by atomic mass is 35.5. The number of hydrogen-bond acceptors (Lipinski definition) is 7. The van der Waals surface area contributed by atoms with E-state index in [9.17, 15) is 0 Å². The summed E-state index contributed by atoms with van der Waals surface area (Å²) in [4.78, 5) is 17.6. The third-order valence-electron chi connectivity index (χ3n) is 4.57. The van der Waals surface area contributed by atoms with Crippen LogP contribution in [0.5, 0.6) is 0 Å². The number of aromatic nitrogens is 4. The van der Waals surface area contributed by atoms with Gasteiger partial charge in [0.25, 0.3) is 0 Å². The molecule has 134 valence electrons. The second kappa shape index (κ2) is 7.39. The van der Waals surface area contributed by atoms with Crippen molar-refractivity contribution >= 4 is 40.1 Å². The van der Waals surface area contributed by atoms with E-state index in [1.165, 1.54) is 6.33 Å². The topological polar surface area (TPSA) is 102 Å². The van der Waals surface area contributed by atoms with Crippen molar-refractivity contribution in [3.8, 4) is 0 Å². The van der Waals surface area contributed by atoms with E-state index < -0.39 is 0 Å². The predicted molar refractivity (Wildman–Crippen MR) is 104 cm³/mol. The first kappa shape index (κ1) is 16.9. The number of nitrogens with one attached hydrogen (secondary N) is 2. The van der Waals surface area contributed by atoms with Crippen LogP contribution in [0.3, 0.4) is 0 Å². The zero-order valence-electron chi connectivity index (χ0n) is 14.2. The quantitative estimate of drug-likeness (QED) is 0.646. The fraction of sp³-hybridized carbons (Fsp3) is 0.333. The zero-order chi connectivity index (χ0) is 17.9. The minimum atomic E-state index is 0.312. The largest absolute Gasteiger partial charge is 0.351 e. The van der Waals surface area contributed by atoms with Gasteiger partial charge in [-0.15, -0.1) is 0 Å². The highest BCUT2D eigenvalue weighted by Crippen LogP contribution is 2.25. The van der Waals surface area contributed by atoms with Gasteiger partial charge in [0.2, 0.25) is 5.95 Å². The molecule has 1 saturated carbocycles. The molecule has 0 atom stereocenters. The summed E-state index contributed by atoms with van der Waals surface area (Å²) >= 11 is 6.06. The molecule has 8 heteroatoms. The van der Waals surface area contributed by atoms with Crippen molar-refractivity contribution in [3.05, 3.63) is 41.8 Å². The SMILES string of the molecule is N[C@H]1CC[C@H](Nc2ncc3ncnc(Nc4cccc(Cl)c4)c3n2)CC1. The number of anilines is 3. The number of halogens is 1. The Balaban J connectivity index is 1.60. The molecular weight excluding hydrogens is 350 g/mol. The molecule has 26 heavy (non-hydrogen) atoms. The summed E-state index contributed by atoms with van der Waals surface area (Å²) in [5.74, 6) is 1.20. The predicted octanol–water partition coefficient (Wildman–Crippen LogP) is 3.50. The molecule has 2 aromatic heterocycles. The molecule has 7 nitrogen and oxygen atoms in total. The zero-order valence-corrected chi connectivity index (χ0v) is 14.9. The second-order valence-corrected chi connectivity index (χ2v) is 6.98. The lowest BCUT2D eigenvalue weighted by Gasteiger charge is -2.26. The molecule has 4 N–H and O–H groups in total. The summed E-state index contributed by atoms with van der Waals surface area (Å²) in [6, 6.07) is 8.12. The molecule has 0 saturated heterocycles. The molecule has 1 fully saturated rings. The highest BCUT2D eigenvalue weighted by molar-refractivity contribution is 6.30. The fourth-order valence-corrected chi connectivity index (χ4v) is 3.35. The maximum atomic E-state index is 6.06. The molecule has 0 amide bonds. The third-order valence-corrected chi connectivity index (χ3v) is 4.80. The van der Waals surface area contributed by atoms with E-state index in [0.29, 0.717) is 39.9 Å². The maximum absolute atomic E-state index is 6.06. The molecule has 0 bridgehead atoms. The monoisotopic (exact) mass is 369 g/mol. The Kier molecular flexibility index (Phi) is 4.81. The van der Waals surface area contributed by atoms with Crippen LogP contribution in [0.1, 0.15) is 25.7 Å². The van der Waals surface area contributed by atoms with E-state index in [1.54, 1.807) is 6.20 Å². The van der Waals surface area contributed by atoms with Crippen molar-refractivity contribution in [2.45, 2.75) is 37.8 Å². The Morgan fingerprint density at radius 2 is 1.92 bits per heavy atom. The van der Waals surface area contributed by atoms with Gasteiger partial charge < -0.3 is 16.4 Å². The number of nitrogens with two attached hydrogens (primary N) is 1. The fourth-order valence-electron chi connectivity index (χ4n) is 3.16. The molecule has 1 aliphatic rings. The van der Waals surface area contributed by atoms with Gasteiger partial charge in [-0.05, 0) is 43.9 Å². The number of nitrogens with zero attached hydrogens (tertiary/aromatic N) is 4. The van der Waals surface area contributed by atoms with E-state index in [2.05, 4.69) is 30.6 Å². The first-order valence-corrected chi connectivity index (χ1v) is 9.07. The first-order chi connectivity index (χ1) is 12.7. The van der Waals surface area contributed by atoms with E-state index in [-0.39, 0.29) is 0 Å². The Morgan fingerprint density at radius 1 is 1.08 bits per heavy atom. The van der Waals surface area contributed by atoms with Gasteiger partial charge >= 0.3 is 0 Å². The van der Waals surface area contributed by atoms with Crippen molar-refractivity contribution < 1.29 is 0 Å². The molecule has 1 aliphatic carbocycles. The molecule has 4 rings (SSSR count). The lowest BCUT2D eigenvalue weighted by Crippen LogP contribution is -2.33. The van der Waals surface area contributed by atoms with E-state index in [1.807, 2.05) is 24.3 Å². The van der Waals surface area contributed by atoms with Crippen molar-refractivity contribution in [1.29, 1.82) is 0 Å². The van der Waals surface area contributed by atoms with E-state index >= 15 is 0 Å². The Morgan fingerprint density at radius 3 is 2.73 bits per heavy atom. The Hall–Kier alpha value is -2.51. The van der Waals surface area contributed by atoms with Gasteiger partial charge in [0.15, 0.2) is 5.82 Å². The van der Waals surface area contributed by atoms with Crippen LogP contribution in [0.15, 0.2) is 36.8 Å². The Labute approximate surface area is 156 Å². The number of rotatable bonds is 4. The molecule has 0 unspecified atom stereocenters. The smallest absolute Gasteiger partial charge is 0.223 e. The maximum Gasteiger partial charge on any atom is 0.223 e. The summed E-state index contributed by atoms with van der Waals surface area (Å²) < 4.78 is 0. The molecule has 0 aliphatic heterocycles. The van der Waals surface area contributed by atoms with Gasteiger partial charge in [-0.3, -0.25) is 0 Å². The van der Waals surface area contributed by atoms with Crippen molar-refractivity contribution in [2.75, 3.05) is 10.6 Å². The summed E-state index contributed by atoms with van der Waals surface area (Å²) in [6.07, 6.45) is 7.31. The van der Waals surface area contributed by atoms with Crippen LogP contribution >= 0.6 is 11.6 Å². The number of fused-ring (bicyclic) bond motifs is 1. The minimum absolute atomic E-state index is 0.312. The standard InChI is InChI=1S/C18H20ClN7/c19-11-2-1-3-14(8-11)24-17-16-15(22-10-23-17)9-21-18(26-16)25-13-6-4-12(20)5-7-13/h1-3,8-10,12-13H,4-7,20H2,(H,21,25,26)(H,22,23,24)/t12-,13-. The summed E-state index contributed by atoms with van der Waals surface area (Å²) in [5, 5.41) is 7.32. The van der Waals surface area contributed by atoms with Crippen molar-refractivity contribution in [3.63, 3.8) is 0 Å². The lowest BCUT2D eigenvalue weighted by molar-refractivity contribution is 0.410.